The van der Waals surface area contributed by atoms with E-state index in [1.165, 1.54) is 0 Å². The Balaban J connectivity index is 2.86. The molecule has 0 fully saturated rings. The van der Waals surface area contributed by atoms with Crippen LogP contribution in [0.25, 0.3) is 10.8 Å². The van der Waals surface area contributed by atoms with Gasteiger partial charge in [0.25, 0.3) is 0 Å². The van der Waals surface area contributed by atoms with E-state index in [9.17, 15) is 0 Å². The molecule has 4 heteroatoms. The number of nitrogens with two attached hydrogens (primary N) is 1. The van der Waals surface area contributed by atoms with Crippen LogP contribution in [0.3, 0.4) is 0 Å². The lowest BCUT2D eigenvalue weighted by atomic mass is 9.93. The van der Waals surface area contributed by atoms with E-state index in [0.717, 1.165) is 22.0 Å². The number of aromatic nitrogens is 2. The fourth-order valence-corrected chi connectivity index (χ4v) is 1.92. The zero-order valence-corrected chi connectivity index (χ0v) is 10.3. The average Bonchev–Trinajstić information content (AvgIpc) is 2.15. The lowest BCUT2D eigenvalue weighted by molar-refractivity contribution is 0.557. The highest BCUT2D eigenvalue weighted by Gasteiger charge is 2.19. The van der Waals surface area contributed by atoms with Gasteiger partial charge in [0.15, 0.2) is 0 Å². The Hall–Kier alpha value is -1.19. The summed E-state index contributed by atoms with van der Waals surface area (Å²) < 4.78 is 0. The normalized spacial score (nSPS) is 12.1. The van der Waals surface area contributed by atoms with Gasteiger partial charge < -0.3 is 5.73 Å². The van der Waals surface area contributed by atoms with Crippen molar-refractivity contribution in [2.75, 3.05) is 0 Å². The van der Waals surface area contributed by atoms with Gasteiger partial charge in [-0.2, -0.15) is 0 Å². The zero-order valence-electron chi connectivity index (χ0n) is 9.58. The number of fused-ring (bicyclic) bond motifs is 1. The maximum atomic E-state index is 6.12. The lowest BCUT2D eigenvalue weighted by Crippen LogP contribution is -2.29. The molecule has 3 nitrogen and oxygen atoms in total. The highest BCUT2D eigenvalue weighted by Crippen LogP contribution is 2.29. The van der Waals surface area contributed by atoms with Crippen LogP contribution in [0.4, 0.5) is 0 Å². The maximum Gasteiger partial charge on any atom is 0.138 e. The Morgan fingerprint density at radius 2 is 1.88 bits per heavy atom. The number of pyridine rings is 2. The first-order valence-electron chi connectivity index (χ1n) is 5.10. The number of nitrogens with zero attached hydrogens (tertiary/aromatic N) is 2. The molecule has 2 aromatic rings. The van der Waals surface area contributed by atoms with Crippen LogP contribution in [-0.2, 0) is 5.54 Å². The molecule has 16 heavy (non-hydrogen) atoms. The molecule has 0 aliphatic heterocycles. The molecule has 0 bridgehead atoms. The third-order valence-electron chi connectivity index (χ3n) is 2.55. The van der Waals surface area contributed by atoms with E-state index in [1.54, 1.807) is 12.4 Å². The summed E-state index contributed by atoms with van der Waals surface area (Å²) in [6, 6.07) is 1.99. The molecular formula is C12H14ClN3. The standard InChI is InChI=1S/C12H14ClN3/c1-7-4-8-9(5-15-7)11(13)16-6-10(8)12(2,3)14/h4-6H,14H2,1-3H3. The second-order valence-electron chi connectivity index (χ2n) is 4.56. The van der Waals surface area contributed by atoms with Gasteiger partial charge in [0, 0.05) is 29.0 Å². The Bertz CT molecular complexity index is 544. The van der Waals surface area contributed by atoms with E-state index in [0.29, 0.717) is 5.15 Å². The van der Waals surface area contributed by atoms with Crippen molar-refractivity contribution in [1.29, 1.82) is 0 Å². The highest BCUT2D eigenvalue weighted by atomic mass is 35.5. The van der Waals surface area contributed by atoms with Crippen LogP contribution in [-0.4, -0.2) is 9.97 Å². The first kappa shape index (κ1) is 11.3. The SMILES string of the molecule is Cc1cc2c(C(C)(C)N)cnc(Cl)c2cn1. The molecule has 0 aliphatic carbocycles. The number of aryl methyl sites for hydroxylation is 1. The third-order valence-corrected chi connectivity index (χ3v) is 2.86. The minimum atomic E-state index is -0.441. The van der Waals surface area contributed by atoms with E-state index >= 15 is 0 Å². The van der Waals surface area contributed by atoms with Crippen molar-refractivity contribution in [2.45, 2.75) is 26.3 Å². The second kappa shape index (κ2) is 3.68. The first-order valence-corrected chi connectivity index (χ1v) is 5.47. The molecule has 0 atom stereocenters. The van der Waals surface area contributed by atoms with Crippen molar-refractivity contribution < 1.29 is 0 Å². The summed E-state index contributed by atoms with van der Waals surface area (Å²) in [5, 5.41) is 2.35. The van der Waals surface area contributed by atoms with Crippen LogP contribution >= 0.6 is 11.6 Å². The van der Waals surface area contributed by atoms with Crippen LogP contribution in [0, 0.1) is 6.92 Å². The number of halogens is 1. The summed E-state index contributed by atoms with van der Waals surface area (Å²) >= 11 is 6.04. The molecule has 0 aliphatic rings. The summed E-state index contributed by atoms with van der Waals surface area (Å²) in [4.78, 5) is 8.37. The Labute approximate surface area is 99.7 Å². The number of hydrogen-bond donors (Lipinski definition) is 1. The van der Waals surface area contributed by atoms with Gasteiger partial charge in [-0.1, -0.05) is 11.6 Å². The van der Waals surface area contributed by atoms with Gasteiger partial charge in [0.05, 0.1) is 0 Å². The monoisotopic (exact) mass is 235 g/mol. The van der Waals surface area contributed by atoms with Crippen molar-refractivity contribution in [3.8, 4) is 0 Å². The molecule has 84 valence electrons. The molecule has 2 N–H and O–H groups in total. The summed E-state index contributed by atoms with van der Waals surface area (Å²) in [6.45, 7) is 5.85. The second-order valence-corrected chi connectivity index (χ2v) is 4.91. The Kier molecular flexibility index (Phi) is 2.60. The summed E-state index contributed by atoms with van der Waals surface area (Å²) in [5.41, 5.74) is 7.61. The van der Waals surface area contributed by atoms with Crippen molar-refractivity contribution in [3.05, 3.63) is 34.9 Å². The van der Waals surface area contributed by atoms with Gasteiger partial charge in [0.1, 0.15) is 5.15 Å². The van der Waals surface area contributed by atoms with Gasteiger partial charge in [-0.05, 0) is 37.8 Å². The first-order chi connectivity index (χ1) is 7.39. The largest absolute Gasteiger partial charge is 0.322 e. The lowest BCUT2D eigenvalue weighted by Gasteiger charge is -2.21. The van der Waals surface area contributed by atoms with Crippen molar-refractivity contribution in [3.63, 3.8) is 0 Å². The molecule has 0 spiro atoms. The molecule has 2 rings (SSSR count). The van der Waals surface area contributed by atoms with E-state index in [2.05, 4.69) is 9.97 Å². The van der Waals surface area contributed by atoms with E-state index < -0.39 is 5.54 Å². The van der Waals surface area contributed by atoms with Crippen LogP contribution < -0.4 is 5.73 Å². The van der Waals surface area contributed by atoms with Gasteiger partial charge in [0.2, 0.25) is 0 Å². The molecule has 0 aromatic carbocycles. The predicted molar refractivity (Wildman–Crippen MR) is 66.5 cm³/mol. The minimum Gasteiger partial charge on any atom is -0.322 e. The van der Waals surface area contributed by atoms with E-state index in [1.807, 2.05) is 26.8 Å². The van der Waals surface area contributed by atoms with E-state index in [4.69, 9.17) is 17.3 Å². The van der Waals surface area contributed by atoms with Gasteiger partial charge in [-0.25, -0.2) is 4.98 Å². The van der Waals surface area contributed by atoms with Crippen LogP contribution in [0.15, 0.2) is 18.5 Å². The summed E-state index contributed by atoms with van der Waals surface area (Å²) in [6.07, 6.45) is 3.49. The predicted octanol–water partition coefficient (Wildman–Crippen LogP) is 2.79. The fraction of sp³-hybridized carbons (Fsp3) is 0.333. The van der Waals surface area contributed by atoms with Crippen LogP contribution in [0.5, 0.6) is 0 Å². The van der Waals surface area contributed by atoms with E-state index in [-0.39, 0.29) is 0 Å². The summed E-state index contributed by atoms with van der Waals surface area (Å²) in [5.74, 6) is 0. The zero-order chi connectivity index (χ0) is 11.9. The summed E-state index contributed by atoms with van der Waals surface area (Å²) in [7, 11) is 0. The van der Waals surface area contributed by atoms with Crippen LogP contribution in [0.1, 0.15) is 25.1 Å². The molecule has 0 saturated carbocycles. The molecule has 0 radical (unpaired) electrons. The molecule has 0 unspecified atom stereocenters. The smallest absolute Gasteiger partial charge is 0.138 e. The van der Waals surface area contributed by atoms with Crippen LogP contribution in [0.2, 0.25) is 5.15 Å². The minimum absolute atomic E-state index is 0.441. The average molecular weight is 236 g/mol. The molecule has 2 aromatic heterocycles. The Morgan fingerprint density at radius 1 is 1.19 bits per heavy atom. The molecule has 2 heterocycles. The maximum absolute atomic E-state index is 6.12. The van der Waals surface area contributed by atoms with Crippen molar-refractivity contribution in [2.24, 2.45) is 5.73 Å². The molecule has 0 saturated heterocycles. The van der Waals surface area contributed by atoms with Crippen molar-refractivity contribution in [1.82, 2.24) is 9.97 Å². The molecule has 0 amide bonds. The van der Waals surface area contributed by atoms with Gasteiger partial charge in [-0.3, -0.25) is 4.98 Å². The van der Waals surface area contributed by atoms with Gasteiger partial charge >= 0.3 is 0 Å². The highest BCUT2D eigenvalue weighted by molar-refractivity contribution is 6.34. The third kappa shape index (κ3) is 1.88. The molecular weight excluding hydrogens is 222 g/mol. The Morgan fingerprint density at radius 3 is 2.50 bits per heavy atom. The van der Waals surface area contributed by atoms with Gasteiger partial charge in [-0.15, -0.1) is 0 Å². The quantitative estimate of drug-likeness (QED) is 0.774. The van der Waals surface area contributed by atoms with Crippen molar-refractivity contribution >= 4 is 22.4 Å². The topological polar surface area (TPSA) is 51.8 Å². The number of rotatable bonds is 1. The number of hydrogen-bond acceptors (Lipinski definition) is 3. The fourth-order valence-electron chi connectivity index (χ4n) is 1.72.